The molecule has 0 saturated heterocycles. The van der Waals surface area contributed by atoms with Crippen molar-refractivity contribution < 1.29 is 24.2 Å². The molecule has 2 aliphatic heterocycles. The molecule has 0 aliphatic carbocycles. The summed E-state index contributed by atoms with van der Waals surface area (Å²) in [4.78, 5) is 24.1. The van der Waals surface area contributed by atoms with Gasteiger partial charge in [0.25, 0.3) is 0 Å². The minimum Gasteiger partial charge on any atom is -0.480 e. The molecule has 0 spiro atoms. The highest BCUT2D eigenvalue weighted by molar-refractivity contribution is 6.01. The Labute approximate surface area is 103 Å². The number of carbonyl (C=O) groups is 2. The molecule has 1 aromatic carbocycles. The Hall–Kier alpha value is -2.24. The predicted molar refractivity (Wildman–Crippen MR) is 60.9 cm³/mol. The zero-order valence-electron chi connectivity index (χ0n) is 9.67. The Bertz CT molecular complexity index is 554. The predicted octanol–water partition coefficient (Wildman–Crippen LogP) is 0.777. The fraction of sp³-hybridized carbons (Fsp3) is 0.333. The summed E-state index contributed by atoms with van der Waals surface area (Å²) in [6.45, 7) is 1.51. The van der Waals surface area contributed by atoms with Crippen molar-refractivity contribution in [1.82, 2.24) is 0 Å². The van der Waals surface area contributed by atoms with Gasteiger partial charge in [0.1, 0.15) is 6.04 Å². The molecule has 1 atom stereocenters. The van der Waals surface area contributed by atoms with Gasteiger partial charge in [-0.15, -0.1) is 0 Å². The summed E-state index contributed by atoms with van der Waals surface area (Å²) in [5, 5.41) is 9.16. The standard InChI is InChI=1S/C12H11NO5/c1-6(14)13-8-4-11-10(17-5-18-11)3-7(8)2-9(13)12(15)16/h3-4,9H,2,5H2,1H3,(H,15,16). The zero-order chi connectivity index (χ0) is 12.9. The van der Waals surface area contributed by atoms with Gasteiger partial charge in [-0.1, -0.05) is 0 Å². The normalized spacial score (nSPS) is 19.8. The average Bonchev–Trinajstić information content (AvgIpc) is 2.87. The number of rotatable bonds is 1. The lowest BCUT2D eigenvalue weighted by molar-refractivity contribution is -0.139. The molecule has 18 heavy (non-hydrogen) atoms. The Balaban J connectivity index is 2.10. The van der Waals surface area contributed by atoms with Crippen molar-refractivity contribution in [3.63, 3.8) is 0 Å². The van der Waals surface area contributed by atoms with Crippen LogP contribution < -0.4 is 14.4 Å². The highest BCUT2D eigenvalue weighted by atomic mass is 16.7. The van der Waals surface area contributed by atoms with E-state index in [9.17, 15) is 9.59 Å². The number of ether oxygens (including phenoxy) is 2. The maximum atomic E-state index is 11.6. The Morgan fingerprint density at radius 3 is 2.61 bits per heavy atom. The monoisotopic (exact) mass is 249 g/mol. The molecule has 1 amide bonds. The average molecular weight is 249 g/mol. The number of amides is 1. The molecule has 2 aliphatic rings. The van der Waals surface area contributed by atoms with Gasteiger partial charge in [0.2, 0.25) is 12.7 Å². The number of hydrogen-bond donors (Lipinski definition) is 1. The lowest BCUT2D eigenvalue weighted by atomic mass is 10.1. The first-order chi connectivity index (χ1) is 8.58. The second-order valence-corrected chi connectivity index (χ2v) is 4.28. The third-order valence-electron chi connectivity index (χ3n) is 3.18. The molecule has 0 radical (unpaired) electrons. The first-order valence-electron chi connectivity index (χ1n) is 5.53. The fourth-order valence-corrected chi connectivity index (χ4v) is 2.42. The molecular weight excluding hydrogens is 238 g/mol. The lowest BCUT2D eigenvalue weighted by Gasteiger charge is -2.20. The van der Waals surface area contributed by atoms with E-state index in [1.165, 1.54) is 11.8 Å². The van der Waals surface area contributed by atoms with E-state index in [1.807, 2.05) is 0 Å². The molecule has 0 aromatic heterocycles. The molecule has 1 aromatic rings. The van der Waals surface area contributed by atoms with E-state index in [0.29, 0.717) is 23.6 Å². The van der Waals surface area contributed by atoms with E-state index in [4.69, 9.17) is 14.6 Å². The fourth-order valence-electron chi connectivity index (χ4n) is 2.42. The maximum Gasteiger partial charge on any atom is 0.327 e. The number of anilines is 1. The summed E-state index contributed by atoms with van der Waals surface area (Å²) in [5.74, 6) is -0.155. The summed E-state index contributed by atoms with van der Waals surface area (Å²) in [6, 6.07) is 2.57. The molecule has 0 saturated carbocycles. The molecule has 1 unspecified atom stereocenters. The Morgan fingerprint density at radius 1 is 1.33 bits per heavy atom. The van der Waals surface area contributed by atoms with E-state index in [-0.39, 0.29) is 12.7 Å². The second kappa shape index (κ2) is 3.63. The van der Waals surface area contributed by atoms with Crippen molar-refractivity contribution in [3.05, 3.63) is 17.7 Å². The summed E-state index contributed by atoms with van der Waals surface area (Å²) >= 11 is 0. The summed E-state index contributed by atoms with van der Waals surface area (Å²) < 4.78 is 10.5. The van der Waals surface area contributed by atoms with Gasteiger partial charge in [-0.05, 0) is 11.6 Å². The third-order valence-corrected chi connectivity index (χ3v) is 3.18. The van der Waals surface area contributed by atoms with E-state index >= 15 is 0 Å². The number of benzene rings is 1. The SMILES string of the molecule is CC(=O)N1c2cc3c(cc2CC1C(=O)O)OCO3. The van der Waals surface area contributed by atoms with E-state index in [0.717, 1.165) is 5.56 Å². The first kappa shape index (κ1) is 10.9. The number of hydrogen-bond acceptors (Lipinski definition) is 4. The smallest absolute Gasteiger partial charge is 0.327 e. The molecule has 0 bridgehead atoms. The van der Waals surface area contributed by atoms with Crippen LogP contribution in [0.15, 0.2) is 12.1 Å². The number of nitrogens with zero attached hydrogens (tertiary/aromatic N) is 1. The van der Waals surface area contributed by atoms with E-state index < -0.39 is 12.0 Å². The molecule has 1 N–H and O–H groups in total. The maximum absolute atomic E-state index is 11.6. The summed E-state index contributed by atoms with van der Waals surface area (Å²) in [7, 11) is 0. The number of aliphatic carboxylic acids is 1. The highest BCUT2D eigenvalue weighted by Crippen LogP contribution is 2.42. The minimum absolute atomic E-state index is 0.153. The van der Waals surface area contributed by atoms with Crippen LogP contribution in [0.3, 0.4) is 0 Å². The molecule has 6 heteroatoms. The van der Waals surface area contributed by atoms with Crippen LogP contribution in [0.25, 0.3) is 0 Å². The van der Waals surface area contributed by atoms with Crippen LogP contribution in [0.1, 0.15) is 12.5 Å². The van der Waals surface area contributed by atoms with Gasteiger partial charge < -0.3 is 14.6 Å². The largest absolute Gasteiger partial charge is 0.480 e. The van der Waals surface area contributed by atoms with Crippen molar-refractivity contribution in [2.45, 2.75) is 19.4 Å². The second-order valence-electron chi connectivity index (χ2n) is 4.28. The van der Waals surface area contributed by atoms with Crippen LogP contribution in [0.4, 0.5) is 5.69 Å². The van der Waals surface area contributed by atoms with Gasteiger partial charge in [0.15, 0.2) is 11.5 Å². The van der Waals surface area contributed by atoms with Gasteiger partial charge in [-0.2, -0.15) is 0 Å². The van der Waals surface area contributed by atoms with Crippen LogP contribution in [0.5, 0.6) is 11.5 Å². The van der Waals surface area contributed by atoms with Crippen LogP contribution in [-0.4, -0.2) is 29.8 Å². The number of carboxylic acid groups (broad SMARTS) is 1. The first-order valence-corrected chi connectivity index (χ1v) is 5.53. The number of carbonyl (C=O) groups excluding carboxylic acids is 1. The van der Waals surface area contributed by atoms with Gasteiger partial charge in [-0.25, -0.2) is 4.79 Å². The quantitative estimate of drug-likeness (QED) is 0.795. The topological polar surface area (TPSA) is 76.1 Å². The van der Waals surface area contributed by atoms with Crippen molar-refractivity contribution in [2.24, 2.45) is 0 Å². The molecule has 6 nitrogen and oxygen atoms in total. The van der Waals surface area contributed by atoms with Crippen LogP contribution in [0.2, 0.25) is 0 Å². The molecule has 0 fully saturated rings. The lowest BCUT2D eigenvalue weighted by Crippen LogP contribution is -2.41. The van der Waals surface area contributed by atoms with E-state index in [2.05, 4.69) is 0 Å². The number of fused-ring (bicyclic) bond motifs is 2. The van der Waals surface area contributed by atoms with Crippen LogP contribution in [0, 0.1) is 0 Å². The van der Waals surface area contributed by atoms with Gasteiger partial charge in [0, 0.05) is 19.4 Å². The zero-order valence-corrected chi connectivity index (χ0v) is 9.67. The van der Waals surface area contributed by atoms with Crippen LogP contribution in [-0.2, 0) is 16.0 Å². The Kier molecular flexibility index (Phi) is 2.19. The highest BCUT2D eigenvalue weighted by Gasteiger charge is 2.38. The minimum atomic E-state index is -1.01. The number of carboxylic acids is 1. The molecule has 3 rings (SSSR count). The van der Waals surface area contributed by atoms with Crippen LogP contribution >= 0.6 is 0 Å². The van der Waals surface area contributed by atoms with Crippen molar-refractivity contribution in [3.8, 4) is 11.5 Å². The van der Waals surface area contributed by atoms with Crippen molar-refractivity contribution >= 4 is 17.6 Å². The third kappa shape index (κ3) is 1.42. The van der Waals surface area contributed by atoms with Gasteiger partial charge >= 0.3 is 5.97 Å². The Morgan fingerprint density at radius 2 is 2.00 bits per heavy atom. The summed E-state index contributed by atoms with van der Waals surface area (Å²) in [5.41, 5.74) is 1.39. The molecule has 94 valence electrons. The van der Waals surface area contributed by atoms with Gasteiger partial charge in [0.05, 0.1) is 5.69 Å². The van der Waals surface area contributed by atoms with Crippen molar-refractivity contribution in [1.29, 1.82) is 0 Å². The molecule has 2 heterocycles. The van der Waals surface area contributed by atoms with Gasteiger partial charge in [-0.3, -0.25) is 9.69 Å². The van der Waals surface area contributed by atoms with Crippen molar-refractivity contribution in [2.75, 3.05) is 11.7 Å². The molecular formula is C12H11NO5. The van der Waals surface area contributed by atoms with E-state index in [1.54, 1.807) is 12.1 Å². The summed E-state index contributed by atoms with van der Waals surface area (Å²) in [6.07, 6.45) is 0.293.